The van der Waals surface area contributed by atoms with Crippen LogP contribution in [0.15, 0.2) is 30.6 Å². The topological polar surface area (TPSA) is 133 Å². The fourth-order valence-electron chi connectivity index (χ4n) is 2.71. The molecule has 1 aliphatic rings. The molecule has 0 radical (unpaired) electrons. The molecule has 1 aromatic carbocycles. The molecule has 1 amide bonds. The zero-order chi connectivity index (χ0) is 21.6. The number of amides is 1. The van der Waals surface area contributed by atoms with Gasteiger partial charge in [-0.1, -0.05) is 45.0 Å². The number of aliphatic carboxylic acids is 2. The number of H-pyrrole nitrogens is 1. The van der Waals surface area contributed by atoms with E-state index in [1.165, 1.54) is 5.56 Å². The van der Waals surface area contributed by atoms with Crippen molar-refractivity contribution in [1.29, 1.82) is 0 Å². The van der Waals surface area contributed by atoms with Crippen LogP contribution < -0.4 is 0 Å². The lowest BCUT2D eigenvalue weighted by Gasteiger charge is -2.25. The van der Waals surface area contributed by atoms with E-state index in [1.54, 1.807) is 11.2 Å². The summed E-state index contributed by atoms with van der Waals surface area (Å²) in [6.45, 7) is 8.04. The highest BCUT2D eigenvalue weighted by molar-refractivity contribution is 6.27. The summed E-state index contributed by atoms with van der Waals surface area (Å²) in [6.07, 6.45) is 2.18. The number of nitrogens with one attached hydrogen (secondary N) is 1. The minimum absolute atomic E-state index is 0.130. The van der Waals surface area contributed by atoms with Gasteiger partial charge >= 0.3 is 18.0 Å². The van der Waals surface area contributed by atoms with Gasteiger partial charge in [-0.05, 0) is 16.5 Å². The van der Waals surface area contributed by atoms with Crippen molar-refractivity contribution in [2.24, 2.45) is 0 Å². The Hall–Kier alpha value is -3.36. The van der Waals surface area contributed by atoms with Gasteiger partial charge in [-0.2, -0.15) is 0 Å². The quantitative estimate of drug-likeness (QED) is 0.656. The van der Waals surface area contributed by atoms with Crippen LogP contribution in [0.25, 0.3) is 0 Å². The smallest absolute Gasteiger partial charge is 0.414 e. The molecule has 3 rings (SSSR count). The summed E-state index contributed by atoms with van der Waals surface area (Å²) in [5.41, 5.74) is 4.46. The summed E-state index contributed by atoms with van der Waals surface area (Å²) in [7, 11) is 0. The molecule has 0 fully saturated rings. The third-order valence-corrected chi connectivity index (χ3v) is 4.40. The molecule has 0 bridgehead atoms. The van der Waals surface area contributed by atoms with E-state index in [9.17, 15) is 4.79 Å². The number of benzene rings is 1. The van der Waals surface area contributed by atoms with Crippen LogP contribution in [0.5, 0.6) is 0 Å². The van der Waals surface area contributed by atoms with Crippen LogP contribution in [0, 0.1) is 0 Å². The summed E-state index contributed by atoms with van der Waals surface area (Å²) < 4.78 is 5.44. The van der Waals surface area contributed by atoms with Crippen LogP contribution in [0.4, 0.5) is 4.79 Å². The van der Waals surface area contributed by atoms with Gasteiger partial charge in [0.05, 0.1) is 24.3 Å². The molecule has 0 spiro atoms. The first-order valence-electron chi connectivity index (χ1n) is 9.06. The molecule has 9 nitrogen and oxygen atoms in total. The SMILES string of the molecule is CC(C)(C)c1ccc(COC(=O)N2CCc3nc[nH]c3C2)cc1.O=C(O)C(=O)O. The van der Waals surface area contributed by atoms with Gasteiger partial charge < -0.3 is 24.8 Å². The Bertz CT molecular complexity index is 855. The van der Waals surface area contributed by atoms with Crippen molar-refractivity contribution >= 4 is 18.0 Å². The number of fused-ring (bicyclic) bond motifs is 1. The summed E-state index contributed by atoms with van der Waals surface area (Å²) in [5.74, 6) is -3.65. The highest BCUT2D eigenvalue weighted by Gasteiger charge is 2.23. The lowest BCUT2D eigenvalue weighted by molar-refractivity contribution is -0.159. The molecule has 156 valence electrons. The maximum Gasteiger partial charge on any atom is 0.414 e. The lowest BCUT2D eigenvalue weighted by Crippen LogP contribution is -2.36. The Labute approximate surface area is 168 Å². The number of imidazole rings is 1. The second-order valence-corrected chi connectivity index (χ2v) is 7.61. The van der Waals surface area contributed by atoms with Crippen molar-refractivity contribution < 1.29 is 29.3 Å². The number of carbonyl (C=O) groups excluding carboxylic acids is 1. The van der Waals surface area contributed by atoms with E-state index < -0.39 is 11.9 Å². The number of ether oxygens (including phenoxy) is 1. The monoisotopic (exact) mass is 403 g/mol. The molecule has 0 saturated carbocycles. The normalized spacial score (nSPS) is 13.0. The summed E-state index contributed by atoms with van der Waals surface area (Å²) >= 11 is 0. The van der Waals surface area contributed by atoms with Crippen molar-refractivity contribution in [1.82, 2.24) is 14.9 Å². The predicted octanol–water partition coefficient (Wildman–Crippen LogP) is 2.56. The van der Waals surface area contributed by atoms with Crippen LogP contribution in [0.2, 0.25) is 0 Å². The Kier molecular flexibility index (Phi) is 6.98. The second kappa shape index (κ2) is 9.22. The van der Waals surface area contributed by atoms with Crippen molar-refractivity contribution in [2.75, 3.05) is 6.54 Å². The van der Waals surface area contributed by atoms with Gasteiger partial charge in [0.25, 0.3) is 0 Å². The standard InChI is InChI=1S/C18H23N3O2.C2H2O4/c1-18(2,3)14-6-4-13(5-7-14)11-23-17(22)21-9-8-15-16(10-21)20-12-19-15;3-1(4)2(5)6/h4-7,12H,8-11H2,1-3H3,(H,19,20);(H,3,4)(H,5,6). The van der Waals surface area contributed by atoms with E-state index in [0.717, 1.165) is 23.4 Å². The number of hydrogen-bond acceptors (Lipinski definition) is 5. The number of aromatic nitrogens is 2. The van der Waals surface area contributed by atoms with Crippen LogP contribution in [0.3, 0.4) is 0 Å². The maximum absolute atomic E-state index is 12.2. The molecule has 1 aromatic heterocycles. The number of carboxylic acids is 2. The number of hydrogen-bond donors (Lipinski definition) is 3. The largest absolute Gasteiger partial charge is 0.473 e. The van der Waals surface area contributed by atoms with E-state index >= 15 is 0 Å². The van der Waals surface area contributed by atoms with Gasteiger partial charge in [0.15, 0.2) is 0 Å². The Morgan fingerprint density at radius 3 is 2.31 bits per heavy atom. The molecular weight excluding hydrogens is 378 g/mol. The lowest BCUT2D eigenvalue weighted by atomic mass is 9.87. The van der Waals surface area contributed by atoms with Gasteiger partial charge in [-0.3, -0.25) is 0 Å². The molecule has 0 unspecified atom stereocenters. The number of carboxylic acid groups (broad SMARTS) is 2. The maximum atomic E-state index is 12.2. The van der Waals surface area contributed by atoms with E-state index in [-0.39, 0.29) is 11.5 Å². The first-order chi connectivity index (χ1) is 13.6. The van der Waals surface area contributed by atoms with Crippen molar-refractivity contribution in [3.05, 3.63) is 53.1 Å². The zero-order valence-electron chi connectivity index (χ0n) is 16.6. The average Bonchev–Trinajstić information content (AvgIpc) is 3.14. The van der Waals surface area contributed by atoms with Gasteiger partial charge in [-0.25, -0.2) is 19.4 Å². The van der Waals surface area contributed by atoms with Crippen LogP contribution in [-0.4, -0.2) is 49.7 Å². The molecule has 2 heterocycles. The molecule has 1 aliphatic heterocycles. The molecule has 3 N–H and O–H groups in total. The van der Waals surface area contributed by atoms with Crippen LogP contribution in [-0.2, 0) is 39.3 Å². The highest BCUT2D eigenvalue weighted by atomic mass is 16.6. The van der Waals surface area contributed by atoms with E-state index in [1.807, 2.05) is 12.1 Å². The van der Waals surface area contributed by atoms with E-state index in [2.05, 4.69) is 42.9 Å². The highest BCUT2D eigenvalue weighted by Crippen LogP contribution is 2.22. The average molecular weight is 403 g/mol. The van der Waals surface area contributed by atoms with Crippen LogP contribution in [0.1, 0.15) is 43.3 Å². The molecule has 0 saturated heterocycles. The number of carbonyl (C=O) groups is 3. The van der Waals surface area contributed by atoms with Crippen molar-refractivity contribution in [3.63, 3.8) is 0 Å². The first-order valence-corrected chi connectivity index (χ1v) is 9.06. The Balaban J connectivity index is 0.000000438. The zero-order valence-corrected chi connectivity index (χ0v) is 16.6. The van der Waals surface area contributed by atoms with Crippen LogP contribution >= 0.6 is 0 Å². The molecule has 9 heteroatoms. The third kappa shape index (κ3) is 6.34. The summed E-state index contributed by atoms with van der Waals surface area (Å²) in [5, 5.41) is 14.8. The van der Waals surface area contributed by atoms with E-state index in [0.29, 0.717) is 19.7 Å². The molecule has 2 aromatic rings. The number of aromatic amines is 1. The van der Waals surface area contributed by atoms with Gasteiger partial charge in [0.1, 0.15) is 6.61 Å². The minimum atomic E-state index is -1.82. The predicted molar refractivity (Wildman–Crippen MR) is 103 cm³/mol. The Morgan fingerprint density at radius 2 is 1.76 bits per heavy atom. The first kappa shape index (κ1) is 21.9. The fourth-order valence-corrected chi connectivity index (χ4v) is 2.71. The van der Waals surface area contributed by atoms with Gasteiger partial charge in [0.2, 0.25) is 0 Å². The molecular formula is C20H25N3O6. The fraction of sp³-hybridized carbons (Fsp3) is 0.400. The van der Waals surface area contributed by atoms with Crippen molar-refractivity contribution in [3.8, 4) is 0 Å². The van der Waals surface area contributed by atoms with Gasteiger partial charge in [-0.15, -0.1) is 0 Å². The second-order valence-electron chi connectivity index (χ2n) is 7.61. The third-order valence-electron chi connectivity index (χ3n) is 4.40. The molecule has 29 heavy (non-hydrogen) atoms. The summed E-state index contributed by atoms with van der Waals surface area (Å²) in [4.78, 5) is 39.4. The van der Waals surface area contributed by atoms with Gasteiger partial charge in [0, 0.05) is 13.0 Å². The Morgan fingerprint density at radius 1 is 1.14 bits per heavy atom. The number of rotatable bonds is 2. The number of nitrogens with zero attached hydrogens (tertiary/aromatic N) is 2. The minimum Gasteiger partial charge on any atom is -0.473 e. The molecule has 0 aliphatic carbocycles. The molecule has 0 atom stereocenters. The van der Waals surface area contributed by atoms with Crippen molar-refractivity contribution in [2.45, 2.75) is 45.8 Å². The summed E-state index contributed by atoms with van der Waals surface area (Å²) in [6, 6.07) is 8.25. The van der Waals surface area contributed by atoms with E-state index in [4.69, 9.17) is 24.5 Å².